The molecule has 3 heterocycles. The summed E-state index contributed by atoms with van der Waals surface area (Å²) in [4.78, 5) is 55.5. The Bertz CT molecular complexity index is 1860. The number of thioether (sulfide) groups is 1. The molecule has 3 aromatic rings. The predicted octanol–water partition coefficient (Wildman–Crippen LogP) is 4.74. The lowest BCUT2D eigenvalue weighted by Gasteiger charge is -2.50. The summed E-state index contributed by atoms with van der Waals surface area (Å²) in [5, 5.41) is 13.5. The lowest BCUT2D eigenvalue weighted by molar-refractivity contribution is -0.161. The number of β-lactam (4-membered cyclic amide) rings is 1. The van der Waals surface area contributed by atoms with Crippen molar-refractivity contribution < 1.29 is 43.0 Å². The van der Waals surface area contributed by atoms with E-state index in [1.165, 1.54) is 35.7 Å². The van der Waals surface area contributed by atoms with Gasteiger partial charge < -0.3 is 24.4 Å². The highest BCUT2D eigenvalue weighted by Gasteiger charge is 2.54. The van der Waals surface area contributed by atoms with Gasteiger partial charge >= 0.3 is 11.9 Å². The number of amides is 1. The zero-order valence-electron chi connectivity index (χ0n) is 25.6. The van der Waals surface area contributed by atoms with E-state index in [-0.39, 0.29) is 43.4 Å². The van der Waals surface area contributed by atoms with Gasteiger partial charge in [-0.3, -0.25) is 19.3 Å². The van der Waals surface area contributed by atoms with Gasteiger partial charge in [0.25, 0.3) is 0 Å². The molecule has 2 N–H and O–H groups in total. The van der Waals surface area contributed by atoms with Crippen LogP contribution in [-0.2, 0) is 35.1 Å². The van der Waals surface area contributed by atoms with Crippen LogP contribution in [0.3, 0.4) is 0 Å². The Hall–Kier alpha value is -4.65. The molecule has 1 fully saturated rings. The summed E-state index contributed by atoms with van der Waals surface area (Å²) in [7, 11) is 0. The Balaban J connectivity index is 1.14. The number of carbonyl (C=O) groups is 4. The first-order chi connectivity index (χ1) is 21.8. The standard InChI is InChI=1S/C33H32FN3O8S/c1-16(38)43-13-17-15-46-31-25(30(40)37(31)29(17)32(41)45-33(2,3)4)10-19(39)14-44-20-6-7-21-23(11-20)27(36-42)12-24-22-9-18(34)5-8-26(22)35-28(21)24/h5-9,11,25,31,35,42H,10,12-15H2,1-4H3/b36-27-. The summed E-state index contributed by atoms with van der Waals surface area (Å²) in [6.45, 7) is 5.97. The second kappa shape index (κ2) is 11.9. The number of rotatable bonds is 8. The third kappa shape index (κ3) is 5.86. The van der Waals surface area contributed by atoms with Crippen LogP contribution < -0.4 is 4.74 Å². The molecule has 0 bridgehead atoms. The number of nitrogens with zero attached hydrogens (tertiary/aromatic N) is 2. The summed E-state index contributed by atoms with van der Waals surface area (Å²) in [5.74, 6) is -2.22. The highest BCUT2D eigenvalue weighted by molar-refractivity contribution is 8.00. The van der Waals surface area contributed by atoms with Crippen LogP contribution in [0, 0.1) is 11.7 Å². The Morgan fingerprint density at radius 3 is 2.65 bits per heavy atom. The van der Waals surface area contributed by atoms with Crippen molar-refractivity contribution in [1.82, 2.24) is 9.88 Å². The van der Waals surface area contributed by atoms with Gasteiger partial charge in [0.05, 0.1) is 22.7 Å². The summed E-state index contributed by atoms with van der Waals surface area (Å²) in [6.07, 6.45) is 0.184. The van der Waals surface area contributed by atoms with Crippen LogP contribution in [0.1, 0.15) is 45.2 Å². The van der Waals surface area contributed by atoms with E-state index in [2.05, 4.69) is 10.1 Å². The van der Waals surface area contributed by atoms with Gasteiger partial charge in [0, 0.05) is 53.1 Å². The minimum atomic E-state index is -0.810. The number of aromatic amines is 1. The summed E-state index contributed by atoms with van der Waals surface area (Å²) >= 11 is 1.39. The first-order valence-electron chi connectivity index (χ1n) is 14.7. The van der Waals surface area contributed by atoms with Gasteiger partial charge in [-0.25, -0.2) is 9.18 Å². The van der Waals surface area contributed by atoms with Crippen LogP contribution >= 0.6 is 11.8 Å². The molecule has 2 unspecified atom stereocenters. The van der Waals surface area contributed by atoms with Crippen molar-refractivity contribution in [3.63, 3.8) is 0 Å². The molecule has 2 aliphatic heterocycles. The van der Waals surface area contributed by atoms with E-state index in [0.29, 0.717) is 33.7 Å². The Kier molecular flexibility index (Phi) is 8.13. The first kappa shape index (κ1) is 31.3. The van der Waals surface area contributed by atoms with Gasteiger partial charge in [-0.1, -0.05) is 5.16 Å². The van der Waals surface area contributed by atoms with Crippen LogP contribution in [0.5, 0.6) is 5.75 Å². The van der Waals surface area contributed by atoms with Crippen molar-refractivity contribution in [2.24, 2.45) is 11.1 Å². The molecular weight excluding hydrogens is 617 g/mol. The van der Waals surface area contributed by atoms with Gasteiger partial charge in [0.2, 0.25) is 5.91 Å². The van der Waals surface area contributed by atoms with Crippen LogP contribution in [0.25, 0.3) is 22.2 Å². The molecule has 6 rings (SSSR count). The largest absolute Gasteiger partial charge is 0.486 e. The van der Waals surface area contributed by atoms with Crippen LogP contribution in [-0.4, -0.2) is 74.4 Å². The highest BCUT2D eigenvalue weighted by atomic mass is 32.2. The molecule has 1 aliphatic carbocycles. The van der Waals surface area contributed by atoms with Crippen molar-refractivity contribution in [1.29, 1.82) is 0 Å². The topological polar surface area (TPSA) is 148 Å². The molecule has 0 saturated carbocycles. The van der Waals surface area contributed by atoms with E-state index in [9.17, 15) is 28.8 Å². The number of oxime groups is 1. The minimum Gasteiger partial charge on any atom is -0.486 e. The maximum Gasteiger partial charge on any atom is 0.355 e. The maximum atomic E-state index is 13.9. The molecular formula is C33H32FN3O8S. The minimum absolute atomic E-state index is 0.0588. The number of hydrogen-bond donors (Lipinski definition) is 2. The van der Waals surface area contributed by atoms with E-state index in [1.54, 1.807) is 45.0 Å². The number of aromatic nitrogens is 1. The Morgan fingerprint density at radius 1 is 1.15 bits per heavy atom. The van der Waals surface area contributed by atoms with Gasteiger partial charge in [0.1, 0.15) is 36.1 Å². The highest BCUT2D eigenvalue weighted by Crippen LogP contribution is 2.46. The summed E-state index contributed by atoms with van der Waals surface area (Å²) in [5.41, 5.74) is 3.83. The number of hydrogen-bond acceptors (Lipinski definition) is 10. The van der Waals surface area contributed by atoms with Gasteiger partial charge in [-0.2, -0.15) is 0 Å². The second-order valence-electron chi connectivity index (χ2n) is 12.4. The number of benzene rings is 2. The molecule has 1 saturated heterocycles. The van der Waals surface area contributed by atoms with Crippen LogP contribution in [0.15, 0.2) is 52.8 Å². The third-order valence-corrected chi connectivity index (χ3v) is 9.35. The predicted molar refractivity (Wildman–Crippen MR) is 167 cm³/mol. The summed E-state index contributed by atoms with van der Waals surface area (Å²) < 4.78 is 30.4. The van der Waals surface area contributed by atoms with Gasteiger partial charge in [-0.05, 0) is 62.7 Å². The Labute approximate surface area is 267 Å². The average Bonchev–Trinajstić information content (AvgIpc) is 3.37. The van der Waals surface area contributed by atoms with E-state index < -0.39 is 34.7 Å². The number of Topliss-reactive ketones (excluding diaryl/α,β-unsaturated/α-hetero) is 1. The third-order valence-electron chi connectivity index (χ3n) is 7.95. The molecule has 240 valence electrons. The molecule has 11 nitrogen and oxygen atoms in total. The zero-order valence-corrected chi connectivity index (χ0v) is 26.5. The monoisotopic (exact) mass is 649 g/mol. The molecule has 2 atom stereocenters. The van der Waals surface area contributed by atoms with Gasteiger partial charge in [0.15, 0.2) is 5.78 Å². The summed E-state index contributed by atoms with van der Waals surface area (Å²) in [6, 6.07) is 9.65. The fraction of sp³-hybridized carbons (Fsp3) is 0.364. The van der Waals surface area contributed by atoms with Crippen molar-refractivity contribution >= 4 is 52.0 Å². The van der Waals surface area contributed by atoms with Crippen LogP contribution in [0.4, 0.5) is 4.39 Å². The fourth-order valence-corrected chi connectivity index (χ4v) is 7.35. The molecule has 2 aromatic carbocycles. The van der Waals surface area contributed by atoms with Crippen LogP contribution in [0.2, 0.25) is 0 Å². The Morgan fingerprint density at radius 2 is 1.93 bits per heavy atom. The fourth-order valence-electron chi connectivity index (χ4n) is 5.96. The van der Waals surface area contributed by atoms with Crippen molar-refractivity contribution in [2.45, 2.75) is 51.5 Å². The van der Waals surface area contributed by atoms with Gasteiger partial charge in [-0.15, -0.1) is 11.8 Å². The number of fused-ring (bicyclic) bond motifs is 6. The zero-order chi connectivity index (χ0) is 32.9. The molecule has 3 aliphatic rings. The molecule has 13 heteroatoms. The number of nitrogens with one attached hydrogen (secondary N) is 1. The first-order valence-corrected chi connectivity index (χ1v) is 15.7. The lowest BCUT2D eigenvalue weighted by Crippen LogP contribution is -2.62. The van der Waals surface area contributed by atoms with E-state index in [0.717, 1.165) is 22.3 Å². The molecule has 0 radical (unpaired) electrons. The molecule has 1 amide bonds. The van der Waals surface area contributed by atoms with Crippen molar-refractivity contribution in [3.05, 3.63) is 64.6 Å². The maximum absolute atomic E-state index is 13.9. The lowest BCUT2D eigenvalue weighted by atomic mass is 9.87. The number of carbonyl (C=O) groups excluding carboxylic acids is 4. The number of ether oxygens (including phenoxy) is 3. The average molecular weight is 650 g/mol. The van der Waals surface area contributed by atoms with Crippen molar-refractivity contribution in [2.75, 3.05) is 19.0 Å². The number of ketones is 1. The number of esters is 2. The molecule has 46 heavy (non-hydrogen) atoms. The van der Waals surface area contributed by atoms with E-state index in [4.69, 9.17) is 14.2 Å². The number of H-pyrrole nitrogens is 1. The SMILES string of the molecule is CC(=O)OCC1=C(C(=O)OC(C)(C)C)N2C(=O)C(CC(=O)COc3ccc4c(c3)/C(=N\O)Cc3c-4[nH]c4ccc(F)cc34)C2SC1. The van der Waals surface area contributed by atoms with Crippen molar-refractivity contribution in [3.8, 4) is 17.0 Å². The number of halogens is 1. The second-order valence-corrected chi connectivity index (χ2v) is 13.5. The smallest absolute Gasteiger partial charge is 0.355 e. The molecule has 0 spiro atoms. The normalized spacial score (nSPS) is 19.7. The quantitative estimate of drug-likeness (QED) is 0.153. The van der Waals surface area contributed by atoms with E-state index >= 15 is 0 Å². The van der Waals surface area contributed by atoms with E-state index in [1.807, 2.05) is 0 Å². The molecule has 1 aromatic heterocycles.